The van der Waals surface area contributed by atoms with Crippen LogP contribution >= 0.6 is 0 Å². The second-order valence-corrected chi connectivity index (χ2v) is 3.77. The molecule has 3 N–H and O–H groups in total. The van der Waals surface area contributed by atoms with E-state index in [4.69, 9.17) is 10.2 Å². The summed E-state index contributed by atoms with van der Waals surface area (Å²) in [6, 6.07) is 4.26. The van der Waals surface area contributed by atoms with Crippen molar-refractivity contribution in [3.8, 4) is 0 Å². The van der Waals surface area contributed by atoms with Gasteiger partial charge in [-0.3, -0.25) is 4.79 Å². The summed E-state index contributed by atoms with van der Waals surface area (Å²) in [5.74, 6) is -2.08. The van der Waals surface area contributed by atoms with Gasteiger partial charge >= 0.3 is 5.97 Å². The van der Waals surface area contributed by atoms with E-state index in [1.165, 1.54) is 24.3 Å². The zero-order chi connectivity index (χ0) is 13.5. The quantitative estimate of drug-likeness (QED) is 0.683. The number of aliphatic carboxylic acids is 1. The second-order valence-electron chi connectivity index (χ2n) is 3.77. The minimum atomic E-state index is -1.20. The smallest absolute Gasteiger partial charge is 0.326 e. The number of amides is 1. The van der Waals surface area contributed by atoms with Crippen molar-refractivity contribution in [1.29, 1.82) is 0 Å². The van der Waals surface area contributed by atoms with Gasteiger partial charge in [0.2, 0.25) is 5.91 Å². The van der Waals surface area contributed by atoms with Gasteiger partial charge in [-0.2, -0.15) is 0 Å². The van der Waals surface area contributed by atoms with E-state index in [0.717, 1.165) is 0 Å². The number of aliphatic hydroxyl groups excluding tert-OH is 1. The number of carbonyl (C=O) groups excluding carboxylic acids is 1. The first-order valence-corrected chi connectivity index (χ1v) is 5.40. The third-order valence-electron chi connectivity index (χ3n) is 2.33. The number of halogens is 1. The van der Waals surface area contributed by atoms with Crippen LogP contribution in [0.3, 0.4) is 0 Å². The van der Waals surface area contributed by atoms with Gasteiger partial charge in [0, 0.05) is 13.0 Å². The van der Waals surface area contributed by atoms with Gasteiger partial charge in [0.15, 0.2) is 0 Å². The Bertz CT molecular complexity index is 419. The van der Waals surface area contributed by atoms with E-state index in [0.29, 0.717) is 5.56 Å². The number of hydrogen-bond acceptors (Lipinski definition) is 3. The molecule has 0 radical (unpaired) electrons. The molecule has 0 aliphatic rings. The van der Waals surface area contributed by atoms with E-state index in [1.54, 1.807) is 0 Å². The Morgan fingerprint density at radius 3 is 2.39 bits per heavy atom. The van der Waals surface area contributed by atoms with Gasteiger partial charge < -0.3 is 15.5 Å². The summed E-state index contributed by atoms with van der Waals surface area (Å²) >= 11 is 0. The molecule has 1 atom stereocenters. The number of rotatable bonds is 6. The lowest BCUT2D eigenvalue weighted by molar-refractivity contribution is -0.142. The highest BCUT2D eigenvalue weighted by Gasteiger charge is 2.19. The van der Waals surface area contributed by atoms with Crippen LogP contribution in [0.15, 0.2) is 24.3 Å². The normalized spacial score (nSPS) is 11.9. The summed E-state index contributed by atoms with van der Waals surface area (Å²) in [5, 5.41) is 19.7. The van der Waals surface area contributed by atoms with Gasteiger partial charge in [0.05, 0.1) is 6.42 Å². The average Bonchev–Trinajstić information content (AvgIpc) is 2.31. The van der Waals surface area contributed by atoms with Crippen LogP contribution in [0.4, 0.5) is 4.39 Å². The van der Waals surface area contributed by atoms with Crippen LogP contribution in [0, 0.1) is 5.82 Å². The first kappa shape index (κ1) is 14.1. The number of carboxylic acid groups (broad SMARTS) is 1. The van der Waals surface area contributed by atoms with Crippen molar-refractivity contribution >= 4 is 11.9 Å². The van der Waals surface area contributed by atoms with Crippen LogP contribution in [0.5, 0.6) is 0 Å². The summed E-state index contributed by atoms with van der Waals surface area (Å²) in [5.41, 5.74) is 0.585. The molecule has 0 saturated heterocycles. The zero-order valence-corrected chi connectivity index (χ0v) is 9.60. The number of carbonyl (C=O) groups is 2. The lowest BCUT2D eigenvalue weighted by Crippen LogP contribution is -2.42. The van der Waals surface area contributed by atoms with Crippen molar-refractivity contribution in [3.05, 3.63) is 35.6 Å². The molecule has 1 amide bonds. The lowest BCUT2D eigenvalue weighted by Gasteiger charge is -2.13. The maximum absolute atomic E-state index is 12.6. The van der Waals surface area contributed by atoms with Crippen LogP contribution in [0.2, 0.25) is 0 Å². The summed E-state index contributed by atoms with van der Waals surface area (Å²) in [6.45, 7) is -0.326. The van der Waals surface area contributed by atoms with E-state index in [2.05, 4.69) is 5.32 Å². The molecule has 6 heteroatoms. The van der Waals surface area contributed by atoms with E-state index >= 15 is 0 Å². The molecule has 5 nitrogen and oxygen atoms in total. The molecule has 1 aromatic rings. The van der Waals surface area contributed by atoms with Crippen LogP contribution in [0.1, 0.15) is 12.0 Å². The Labute approximate surface area is 103 Å². The zero-order valence-electron chi connectivity index (χ0n) is 9.60. The molecule has 0 bridgehead atoms. The standard InChI is InChI=1S/C12H14FNO4/c13-9-3-1-8(2-4-9)7-11(16)14-10(5-6-15)12(17)18/h1-4,10,15H,5-7H2,(H,14,16)(H,17,18). The maximum atomic E-state index is 12.6. The first-order chi connectivity index (χ1) is 8.52. The monoisotopic (exact) mass is 255 g/mol. The SMILES string of the molecule is O=C(Cc1ccc(F)cc1)NC(CCO)C(=O)O. The van der Waals surface area contributed by atoms with E-state index in [-0.39, 0.29) is 19.4 Å². The van der Waals surface area contributed by atoms with Crippen molar-refractivity contribution in [2.75, 3.05) is 6.61 Å². The summed E-state index contributed by atoms with van der Waals surface area (Å²) in [7, 11) is 0. The fourth-order valence-electron chi connectivity index (χ4n) is 1.42. The minimum Gasteiger partial charge on any atom is -0.480 e. The first-order valence-electron chi connectivity index (χ1n) is 5.40. The molecule has 98 valence electrons. The van der Waals surface area contributed by atoms with Crippen molar-refractivity contribution in [2.45, 2.75) is 18.9 Å². The second kappa shape index (κ2) is 6.70. The molecule has 0 aliphatic heterocycles. The molecule has 0 saturated carbocycles. The van der Waals surface area contributed by atoms with Gasteiger partial charge in [-0.25, -0.2) is 9.18 Å². The van der Waals surface area contributed by atoms with Gasteiger partial charge in [-0.15, -0.1) is 0 Å². The maximum Gasteiger partial charge on any atom is 0.326 e. The largest absolute Gasteiger partial charge is 0.480 e. The predicted molar refractivity (Wildman–Crippen MR) is 61.4 cm³/mol. The van der Waals surface area contributed by atoms with E-state index in [1.807, 2.05) is 0 Å². The van der Waals surface area contributed by atoms with Crippen molar-refractivity contribution < 1.29 is 24.2 Å². The number of carboxylic acids is 1. The number of nitrogens with one attached hydrogen (secondary N) is 1. The summed E-state index contributed by atoms with van der Waals surface area (Å²) < 4.78 is 12.6. The van der Waals surface area contributed by atoms with E-state index in [9.17, 15) is 14.0 Å². The third-order valence-corrected chi connectivity index (χ3v) is 2.33. The third kappa shape index (κ3) is 4.50. The Morgan fingerprint density at radius 2 is 1.89 bits per heavy atom. The van der Waals surface area contributed by atoms with Gasteiger partial charge in [-0.1, -0.05) is 12.1 Å². The van der Waals surface area contributed by atoms with Crippen LogP contribution < -0.4 is 5.32 Å². The predicted octanol–water partition coefficient (Wildman–Crippen LogP) is 0.320. The molecule has 0 fully saturated rings. The Morgan fingerprint density at radius 1 is 1.28 bits per heavy atom. The minimum absolute atomic E-state index is 0.0323. The molecule has 1 unspecified atom stereocenters. The highest BCUT2D eigenvalue weighted by atomic mass is 19.1. The number of benzene rings is 1. The number of hydrogen-bond donors (Lipinski definition) is 3. The Balaban J connectivity index is 2.54. The van der Waals surface area contributed by atoms with Crippen LogP contribution in [0.25, 0.3) is 0 Å². The highest BCUT2D eigenvalue weighted by Crippen LogP contribution is 2.04. The Kier molecular flexibility index (Phi) is 5.26. The molecule has 0 aromatic heterocycles. The van der Waals surface area contributed by atoms with Crippen molar-refractivity contribution in [2.24, 2.45) is 0 Å². The molecule has 0 aliphatic carbocycles. The fraction of sp³-hybridized carbons (Fsp3) is 0.333. The van der Waals surface area contributed by atoms with Crippen molar-refractivity contribution in [3.63, 3.8) is 0 Å². The molecule has 1 aromatic carbocycles. The highest BCUT2D eigenvalue weighted by molar-refractivity contribution is 5.84. The summed E-state index contributed by atoms with van der Waals surface area (Å²) in [4.78, 5) is 22.3. The van der Waals surface area contributed by atoms with Crippen LogP contribution in [-0.4, -0.2) is 34.7 Å². The summed E-state index contributed by atoms with van der Waals surface area (Å²) in [6.07, 6.45) is -0.0834. The number of aliphatic hydroxyl groups is 1. The fourth-order valence-corrected chi connectivity index (χ4v) is 1.42. The van der Waals surface area contributed by atoms with E-state index < -0.39 is 23.7 Å². The molecular formula is C12H14FNO4. The molecule has 0 spiro atoms. The molecule has 18 heavy (non-hydrogen) atoms. The molecular weight excluding hydrogens is 241 g/mol. The lowest BCUT2D eigenvalue weighted by atomic mass is 10.1. The van der Waals surface area contributed by atoms with Gasteiger partial charge in [-0.05, 0) is 17.7 Å². The molecule has 0 heterocycles. The topological polar surface area (TPSA) is 86.6 Å². The molecule has 1 rings (SSSR count). The van der Waals surface area contributed by atoms with Gasteiger partial charge in [0.25, 0.3) is 0 Å². The average molecular weight is 255 g/mol. The van der Waals surface area contributed by atoms with Crippen LogP contribution in [-0.2, 0) is 16.0 Å². The Hall–Kier alpha value is -1.95. The van der Waals surface area contributed by atoms with Crippen molar-refractivity contribution in [1.82, 2.24) is 5.32 Å². The van der Waals surface area contributed by atoms with Gasteiger partial charge in [0.1, 0.15) is 11.9 Å².